The quantitative estimate of drug-likeness (QED) is 0.846. The van der Waals surface area contributed by atoms with Crippen molar-refractivity contribution in [1.82, 2.24) is 4.90 Å². The molecule has 0 spiro atoms. The van der Waals surface area contributed by atoms with Crippen LogP contribution in [-0.2, 0) is 9.59 Å². The number of hydrogen-bond donors (Lipinski definition) is 1. The first-order valence-electron chi connectivity index (χ1n) is 9.15. The molecule has 1 amide bonds. The molecule has 3 fully saturated rings. The van der Waals surface area contributed by atoms with E-state index in [1.54, 1.807) is 0 Å². The third-order valence-corrected chi connectivity index (χ3v) is 6.11. The van der Waals surface area contributed by atoms with Crippen molar-refractivity contribution in [3.63, 3.8) is 0 Å². The van der Waals surface area contributed by atoms with E-state index in [4.69, 9.17) is 5.11 Å². The number of amides is 1. The molecule has 3 rings (SSSR count). The zero-order chi connectivity index (χ0) is 15.7. The van der Waals surface area contributed by atoms with Crippen LogP contribution in [0.25, 0.3) is 0 Å². The van der Waals surface area contributed by atoms with Crippen LogP contribution in [0.15, 0.2) is 0 Å². The van der Waals surface area contributed by atoms with Crippen LogP contribution in [0.3, 0.4) is 0 Å². The van der Waals surface area contributed by atoms with Crippen molar-refractivity contribution in [2.45, 2.75) is 83.2 Å². The molecule has 0 bridgehead atoms. The molecule has 3 saturated carbocycles. The SMILES string of the molecule is CCC1CCC(N(C(=O)[C@@H]2CC[C@H](C(=O)O)C2)C2CC2)CC1. The maximum atomic E-state index is 13.0. The smallest absolute Gasteiger partial charge is 0.306 e. The van der Waals surface area contributed by atoms with E-state index in [1.165, 1.54) is 19.3 Å². The number of carboxylic acid groups (broad SMARTS) is 1. The zero-order valence-electron chi connectivity index (χ0n) is 13.7. The van der Waals surface area contributed by atoms with Crippen molar-refractivity contribution in [2.75, 3.05) is 0 Å². The molecule has 4 heteroatoms. The van der Waals surface area contributed by atoms with E-state index in [1.807, 2.05) is 0 Å². The van der Waals surface area contributed by atoms with Crippen molar-refractivity contribution < 1.29 is 14.7 Å². The molecule has 0 unspecified atom stereocenters. The fraction of sp³-hybridized carbons (Fsp3) is 0.889. The van der Waals surface area contributed by atoms with Gasteiger partial charge in [-0.3, -0.25) is 9.59 Å². The van der Waals surface area contributed by atoms with E-state index >= 15 is 0 Å². The second kappa shape index (κ2) is 6.59. The Morgan fingerprint density at radius 1 is 0.909 bits per heavy atom. The highest BCUT2D eigenvalue weighted by Gasteiger charge is 2.43. The Balaban J connectivity index is 1.62. The summed E-state index contributed by atoms with van der Waals surface area (Å²) in [5.74, 6) is 0.0506. The third kappa shape index (κ3) is 3.31. The Morgan fingerprint density at radius 2 is 1.45 bits per heavy atom. The van der Waals surface area contributed by atoms with Gasteiger partial charge in [0.2, 0.25) is 5.91 Å². The Labute approximate surface area is 133 Å². The molecule has 3 aliphatic carbocycles. The van der Waals surface area contributed by atoms with Gasteiger partial charge in [0.1, 0.15) is 0 Å². The molecule has 0 radical (unpaired) electrons. The lowest BCUT2D eigenvalue weighted by Gasteiger charge is -2.38. The molecule has 0 aromatic carbocycles. The summed E-state index contributed by atoms with van der Waals surface area (Å²) in [5, 5.41) is 9.15. The molecule has 2 atom stereocenters. The molecule has 0 heterocycles. The Bertz CT molecular complexity index is 424. The first kappa shape index (κ1) is 15.8. The van der Waals surface area contributed by atoms with Crippen LogP contribution < -0.4 is 0 Å². The zero-order valence-corrected chi connectivity index (χ0v) is 13.7. The molecule has 4 nitrogen and oxygen atoms in total. The fourth-order valence-electron chi connectivity index (χ4n) is 4.48. The lowest BCUT2D eigenvalue weighted by atomic mass is 9.83. The number of carboxylic acids is 1. The van der Waals surface area contributed by atoms with E-state index in [-0.39, 0.29) is 17.7 Å². The van der Waals surface area contributed by atoms with E-state index in [9.17, 15) is 9.59 Å². The second-order valence-electron chi connectivity index (χ2n) is 7.60. The summed E-state index contributed by atoms with van der Waals surface area (Å²) in [7, 11) is 0. The summed E-state index contributed by atoms with van der Waals surface area (Å²) in [6.45, 7) is 2.26. The van der Waals surface area contributed by atoms with Gasteiger partial charge in [0.25, 0.3) is 0 Å². The first-order valence-corrected chi connectivity index (χ1v) is 9.15. The fourth-order valence-corrected chi connectivity index (χ4v) is 4.48. The van der Waals surface area contributed by atoms with Crippen LogP contribution in [0.2, 0.25) is 0 Å². The molecule has 0 aliphatic heterocycles. The largest absolute Gasteiger partial charge is 0.481 e. The van der Waals surface area contributed by atoms with Crippen molar-refractivity contribution >= 4 is 11.9 Å². The molecule has 0 aromatic rings. The van der Waals surface area contributed by atoms with Crippen LogP contribution in [0.5, 0.6) is 0 Å². The van der Waals surface area contributed by atoms with Crippen LogP contribution >= 0.6 is 0 Å². The normalized spacial score (nSPS) is 35.3. The molecule has 22 heavy (non-hydrogen) atoms. The first-order chi connectivity index (χ1) is 10.6. The summed E-state index contributed by atoms with van der Waals surface area (Å²) < 4.78 is 0. The van der Waals surface area contributed by atoms with Gasteiger partial charge in [-0.15, -0.1) is 0 Å². The van der Waals surface area contributed by atoms with Gasteiger partial charge in [0.05, 0.1) is 5.92 Å². The van der Waals surface area contributed by atoms with Gasteiger partial charge in [-0.05, 0) is 63.7 Å². The third-order valence-electron chi connectivity index (χ3n) is 6.11. The standard InChI is InChI=1S/C18H29NO3/c1-2-12-3-7-15(8-4-12)19(16-9-10-16)17(20)13-5-6-14(11-13)18(21)22/h12-16H,2-11H2,1H3,(H,21,22)/t12?,13-,14+,15?/m1/s1. The predicted octanol–water partition coefficient (Wildman–Crippen LogP) is 3.45. The van der Waals surface area contributed by atoms with Crippen molar-refractivity contribution in [3.8, 4) is 0 Å². The van der Waals surface area contributed by atoms with Crippen LogP contribution in [0.1, 0.15) is 71.1 Å². The Morgan fingerprint density at radius 3 is 1.91 bits per heavy atom. The molecular weight excluding hydrogens is 278 g/mol. The summed E-state index contributed by atoms with van der Waals surface area (Å²) >= 11 is 0. The molecular formula is C18H29NO3. The van der Waals surface area contributed by atoms with Gasteiger partial charge < -0.3 is 10.0 Å². The number of rotatable bonds is 5. The number of hydrogen-bond acceptors (Lipinski definition) is 2. The summed E-state index contributed by atoms with van der Waals surface area (Å²) in [6, 6.07) is 0.881. The Hall–Kier alpha value is -1.06. The lowest BCUT2D eigenvalue weighted by Crippen LogP contribution is -2.46. The minimum Gasteiger partial charge on any atom is -0.481 e. The number of aliphatic carboxylic acids is 1. The van der Waals surface area contributed by atoms with Gasteiger partial charge in [0, 0.05) is 18.0 Å². The van der Waals surface area contributed by atoms with Crippen molar-refractivity contribution in [3.05, 3.63) is 0 Å². The maximum absolute atomic E-state index is 13.0. The molecule has 1 N–H and O–H groups in total. The maximum Gasteiger partial charge on any atom is 0.306 e. The summed E-state index contributed by atoms with van der Waals surface area (Å²) in [6.07, 6.45) is 10.3. The highest BCUT2D eigenvalue weighted by atomic mass is 16.4. The van der Waals surface area contributed by atoms with Gasteiger partial charge in [-0.2, -0.15) is 0 Å². The topological polar surface area (TPSA) is 57.6 Å². The van der Waals surface area contributed by atoms with Crippen molar-refractivity contribution in [2.24, 2.45) is 17.8 Å². The second-order valence-corrected chi connectivity index (χ2v) is 7.60. The van der Waals surface area contributed by atoms with Gasteiger partial charge >= 0.3 is 5.97 Å². The van der Waals surface area contributed by atoms with E-state index in [0.29, 0.717) is 24.9 Å². The van der Waals surface area contributed by atoms with Crippen molar-refractivity contribution in [1.29, 1.82) is 0 Å². The number of carbonyl (C=O) groups is 2. The monoisotopic (exact) mass is 307 g/mol. The molecule has 124 valence electrons. The van der Waals surface area contributed by atoms with E-state index < -0.39 is 5.97 Å². The lowest BCUT2D eigenvalue weighted by molar-refractivity contribution is -0.142. The molecule has 0 saturated heterocycles. The van der Waals surface area contributed by atoms with Crippen LogP contribution in [-0.4, -0.2) is 34.0 Å². The minimum absolute atomic E-state index is 0.0365. The number of nitrogens with zero attached hydrogens (tertiary/aromatic N) is 1. The van der Waals surface area contributed by atoms with Gasteiger partial charge in [-0.1, -0.05) is 13.3 Å². The Kier molecular flexibility index (Phi) is 4.74. The summed E-state index contributed by atoms with van der Waals surface area (Å²) in [4.78, 5) is 26.3. The molecule has 0 aromatic heterocycles. The average molecular weight is 307 g/mol. The van der Waals surface area contributed by atoms with Crippen LogP contribution in [0.4, 0.5) is 0 Å². The number of carbonyl (C=O) groups excluding carboxylic acids is 1. The van der Waals surface area contributed by atoms with Gasteiger partial charge in [-0.25, -0.2) is 0 Å². The van der Waals surface area contributed by atoms with E-state index in [2.05, 4.69) is 11.8 Å². The minimum atomic E-state index is -0.725. The summed E-state index contributed by atoms with van der Waals surface area (Å²) in [5.41, 5.74) is 0. The highest BCUT2D eigenvalue weighted by Crippen LogP contribution is 2.40. The predicted molar refractivity (Wildman–Crippen MR) is 84.4 cm³/mol. The highest BCUT2D eigenvalue weighted by molar-refractivity contribution is 5.81. The van der Waals surface area contributed by atoms with Crippen LogP contribution in [0, 0.1) is 17.8 Å². The van der Waals surface area contributed by atoms with Gasteiger partial charge in [0.15, 0.2) is 0 Å². The molecule has 3 aliphatic rings. The average Bonchev–Trinajstić information content (AvgIpc) is 3.22. The van der Waals surface area contributed by atoms with E-state index in [0.717, 1.165) is 38.0 Å².